The number of hydrogen-bond donors (Lipinski definition) is 3. The van der Waals surface area contributed by atoms with Gasteiger partial charge in [-0.15, -0.1) is 0 Å². The molecule has 1 rings (SSSR count). The standard InChI is InChI=1S/C19H26O7/c1-11(2)17(24)26-18(3,4)7-8-25-19(5,6)16(23)12-9-13(20)15(22)14(21)10-12/h9-10,20-22H,1,7-8H2,2-6H3. The number of aromatic hydroxyl groups is 3. The van der Waals surface area contributed by atoms with Crippen LogP contribution in [0.2, 0.25) is 0 Å². The number of ketones is 1. The number of rotatable bonds is 8. The van der Waals surface area contributed by atoms with E-state index in [1.54, 1.807) is 34.6 Å². The number of carbonyl (C=O) groups is 2. The molecule has 144 valence electrons. The van der Waals surface area contributed by atoms with Gasteiger partial charge in [0.15, 0.2) is 23.0 Å². The summed E-state index contributed by atoms with van der Waals surface area (Å²) in [5.41, 5.74) is -1.77. The van der Waals surface area contributed by atoms with Gasteiger partial charge in [0.25, 0.3) is 0 Å². The summed E-state index contributed by atoms with van der Waals surface area (Å²) in [6, 6.07) is 2.11. The molecular weight excluding hydrogens is 340 g/mol. The van der Waals surface area contributed by atoms with Gasteiger partial charge in [0, 0.05) is 17.6 Å². The minimum atomic E-state index is -1.26. The van der Waals surface area contributed by atoms with Crippen LogP contribution in [0.3, 0.4) is 0 Å². The zero-order valence-electron chi connectivity index (χ0n) is 15.8. The maximum absolute atomic E-state index is 12.6. The number of carbonyl (C=O) groups excluding carboxylic acids is 2. The number of Topliss-reactive ketones (excluding diaryl/α,β-unsaturated/α-hetero) is 1. The van der Waals surface area contributed by atoms with Crippen molar-refractivity contribution in [3.8, 4) is 17.2 Å². The molecule has 1 aromatic rings. The van der Waals surface area contributed by atoms with Gasteiger partial charge in [-0.1, -0.05) is 6.58 Å². The summed E-state index contributed by atoms with van der Waals surface area (Å²) < 4.78 is 11.0. The van der Waals surface area contributed by atoms with E-state index in [-0.39, 0.29) is 12.2 Å². The van der Waals surface area contributed by atoms with E-state index >= 15 is 0 Å². The van der Waals surface area contributed by atoms with Crippen LogP contribution in [0.1, 0.15) is 51.4 Å². The summed E-state index contributed by atoms with van der Waals surface area (Å²) in [6.45, 7) is 11.7. The number of hydrogen-bond acceptors (Lipinski definition) is 7. The van der Waals surface area contributed by atoms with Crippen molar-refractivity contribution in [3.63, 3.8) is 0 Å². The SMILES string of the molecule is C=C(C)C(=O)OC(C)(C)CCOC(C)(C)C(=O)c1cc(O)c(O)c(O)c1. The van der Waals surface area contributed by atoms with Crippen LogP contribution in [0.4, 0.5) is 0 Å². The Morgan fingerprint density at radius 3 is 2.04 bits per heavy atom. The topological polar surface area (TPSA) is 113 Å². The fraction of sp³-hybridized carbons (Fsp3) is 0.474. The van der Waals surface area contributed by atoms with Gasteiger partial charge in [-0.25, -0.2) is 4.79 Å². The molecule has 0 heterocycles. The maximum Gasteiger partial charge on any atom is 0.333 e. The summed E-state index contributed by atoms with van der Waals surface area (Å²) in [4.78, 5) is 24.2. The molecule has 0 saturated heterocycles. The van der Waals surface area contributed by atoms with Crippen molar-refractivity contribution < 1.29 is 34.4 Å². The predicted octanol–water partition coefficient (Wildman–Crippen LogP) is 3.07. The summed E-state index contributed by atoms with van der Waals surface area (Å²) in [5, 5.41) is 28.5. The van der Waals surface area contributed by atoms with E-state index in [2.05, 4.69) is 6.58 Å². The quantitative estimate of drug-likeness (QED) is 0.280. The fourth-order valence-electron chi connectivity index (χ4n) is 2.09. The smallest absolute Gasteiger partial charge is 0.333 e. The van der Waals surface area contributed by atoms with Gasteiger partial charge in [-0.05, 0) is 46.8 Å². The van der Waals surface area contributed by atoms with Crippen molar-refractivity contribution in [2.45, 2.75) is 52.2 Å². The van der Waals surface area contributed by atoms with Gasteiger partial charge in [0.05, 0.1) is 6.61 Å². The first kappa shape index (κ1) is 21.5. The van der Waals surface area contributed by atoms with Crippen molar-refractivity contribution in [1.29, 1.82) is 0 Å². The van der Waals surface area contributed by atoms with Crippen LogP contribution in [0.15, 0.2) is 24.3 Å². The molecule has 26 heavy (non-hydrogen) atoms. The first-order valence-electron chi connectivity index (χ1n) is 8.09. The molecule has 0 aromatic heterocycles. The normalized spacial score (nSPS) is 11.9. The van der Waals surface area contributed by atoms with E-state index in [1.165, 1.54) is 0 Å². The van der Waals surface area contributed by atoms with E-state index in [1.807, 2.05) is 0 Å². The van der Waals surface area contributed by atoms with Crippen molar-refractivity contribution in [2.75, 3.05) is 6.61 Å². The number of phenols is 3. The summed E-state index contributed by atoms with van der Waals surface area (Å²) in [5.74, 6) is -2.88. The lowest BCUT2D eigenvalue weighted by atomic mass is 9.95. The first-order valence-corrected chi connectivity index (χ1v) is 8.09. The molecule has 0 aliphatic carbocycles. The fourth-order valence-corrected chi connectivity index (χ4v) is 2.09. The summed E-state index contributed by atoms with van der Waals surface area (Å²) in [7, 11) is 0. The highest BCUT2D eigenvalue weighted by Crippen LogP contribution is 2.36. The minimum absolute atomic E-state index is 0.00392. The molecule has 1 aromatic carbocycles. The molecule has 0 amide bonds. The van der Waals surface area contributed by atoms with Crippen molar-refractivity contribution in [2.24, 2.45) is 0 Å². The molecule has 0 fully saturated rings. The lowest BCUT2D eigenvalue weighted by Crippen LogP contribution is -2.37. The Kier molecular flexibility index (Phi) is 6.44. The first-order chi connectivity index (χ1) is 11.8. The van der Waals surface area contributed by atoms with Crippen LogP contribution in [-0.2, 0) is 14.3 Å². The second-order valence-electron chi connectivity index (χ2n) is 7.23. The van der Waals surface area contributed by atoms with Crippen LogP contribution in [0.25, 0.3) is 0 Å². The Hall–Kier alpha value is -2.54. The third-order valence-electron chi connectivity index (χ3n) is 3.76. The predicted molar refractivity (Wildman–Crippen MR) is 95.4 cm³/mol. The third kappa shape index (κ3) is 5.49. The zero-order chi connectivity index (χ0) is 20.3. The van der Waals surface area contributed by atoms with Crippen LogP contribution < -0.4 is 0 Å². The van der Waals surface area contributed by atoms with Gasteiger partial charge in [-0.2, -0.15) is 0 Å². The van der Waals surface area contributed by atoms with Gasteiger partial charge >= 0.3 is 5.97 Å². The van der Waals surface area contributed by atoms with Gasteiger partial charge in [-0.3, -0.25) is 4.79 Å². The van der Waals surface area contributed by atoms with Crippen molar-refractivity contribution in [3.05, 3.63) is 29.8 Å². The zero-order valence-corrected chi connectivity index (χ0v) is 15.8. The highest BCUT2D eigenvalue weighted by atomic mass is 16.6. The van der Waals surface area contributed by atoms with Crippen LogP contribution in [-0.4, -0.2) is 44.9 Å². The van der Waals surface area contributed by atoms with E-state index in [4.69, 9.17) is 9.47 Å². The minimum Gasteiger partial charge on any atom is -0.504 e. The number of ether oxygens (including phenoxy) is 2. The Labute approximate surface area is 152 Å². The van der Waals surface area contributed by atoms with Gasteiger partial charge < -0.3 is 24.8 Å². The van der Waals surface area contributed by atoms with E-state index < -0.39 is 40.2 Å². The second kappa shape index (κ2) is 7.78. The molecule has 3 N–H and O–H groups in total. The largest absolute Gasteiger partial charge is 0.504 e. The Bertz CT molecular complexity index is 694. The monoisotopic (exact) mass is 366 g/mol. The molecule has 0 aliphatic heterocycles. The summed E-state index contributed by atoms with van der Waals surface area (Å²) in [6.07, 6.45) is 0.342. The molecule has 7 nitrogen and oxygen atoms in total. The number of esters is 1. The Morgan fingerprint density at radius 2 is 1.58 bits per heavy atom. The highest BCUT2D eigenvalue weighted by Gasteiger charge is 2.32. The summed E-state index contributed by atoms with van der Waals surface area (Å²) >= 11 is 0. The van der Waals surface area contributed by atoms with Crippen molar-refractivity contribution in [1.82, 2.24) is 0 Å². The van der Waals surface area contributed by atoms with E-state index in [0.29, 0.717) is 12.0 Å². The van der Waals surface area contributed by atoms with E-state index in [0.717, 1.165) is 12.1 Å². The Morgan fingerprint density at radius 1 is 1.08 bits per heavy atom. The second-order valence-corrected chi connectivity index (χ2v) is 7.23. The number of benzene rings is 1. The van der Waals surface area contributed by atoms with Crippen LogP contribution in [0, 0.1) is 0 Å². The molecule has 0 unspecified atom stereocenters. The van der Waals surface area contributed by atoms with Crippen LogP contribution >= 0.6 is 0 Å². The molecule has 0 spiro atoms. The highest BCUT2D eigenvalue weighted by molar-refractivity contribution is 6.02. The average molecular weight is 366 g/mol. The third-order valence-corrected chi connectivity index (χ3v) is 3.76. The van der Waals surface area contributed by atoms with Crippen molar-refractivity contribution >= 4 is 11.8 Å². The van der Waals surface area contributed by atoms with E-state index in [9.17, 15) is 24.9 Å². The number of phenolic OH excluding ortho intramolecular Hbond substituents is 3. The van der Waals surface area contributed by atoms with Gasteiger partial charge in [0.2, 0.25) is 0 Å². The molecule has 0 bridgehead atoms. The van der Waals surface area contributed by atoms with Crippen LogP contribution in [0.5, 0.6) is 17.2 Å². The molecular formula is C19H26O7. The molecule has 0 atom stereocenters. The average Bonchev–Trinajstić information content (AvgIpc) is 2.50. The lowest BCUT2D eigenvalue weighted by Gasteiger charge is -2.29. The van der Waals surface area contributed by atoms with Gasteiger partial charge in [0.1, 0.15) is 11.2 Å². The molecule has 0 aliphatic rings. The lowest BCUT2D eigenvalue weighted by molar-refractivity contribution is -0.153. The molecule has 0 saturated carbocycles. The Balaban J connectivity index is 2.75. The molecule has 0 radical (unpaired) electrons. The molecule has 7 heteroatoms. The maximum atomic E-state index is 12.6.